The topological polar surface area (TPSA) is 58.1 Å². The van der Waals surface area contributed by atoms with Crippen LogP contribution in [0.5, 0.6) is 0 Å². The van der Waals surface area contributed by atoms with Gasteiger partial charge in [0.05, 0.1) is 12.2 Å². The summed E-state index contributed by atoms with van der Waals surface area (Å²) in [5, 5.41) is 6.70. The molecule has 6 nitrogen and oxygen atoms in total. The minimum absolute atomic E-state index is 0.343. The molecule has 0 radical (unpaired) electrons. The lowest BCUT2D eigenvalue weighted by atomic mass is 10.2. The highest BCUT2D eigenvalue weighted by Gasteiger charge is 2.21. The summed E-state index contributed by atoms with van der Waals surface area (Å²) in [4.78, 5) is 7.07. The molecule has 1 fully saturated rings. The van der Waals surface area contributed by atoms with E-state index in [9.17, 15) is 0 Å². The van der Waals surface area contributed by atoms with Crippen LogP contribution in [0.2, 0.25) is 0 Å². The lowest BCUT2D eigenvalue weighted by molar-refractivity contribution is -0.0679. The maximum atomic E-state index is 5.77. The zero-order valence-electron chi connectivity index (χ0n) is 15.4. The van der Waals surface area contributed by atoms with E-state index in [0.717, 1.165) is 71.3 Å². The number of nitrogens with zero attached hydrogens (tertiary/aromatic N) is 2. The number of hydrogen-bond donors (Lipinski definition) is 2. The summed E-state index contributed by atoms with van der Waals surface area (Å²) >= 11 is 0. The molecule has 23 heavy (non-hydrogen) atoms. The van der Waals surface area contributed by atoms with Crippen molar-refractivity contribution in [1.29, 1.82) is 0 Å². The van der Waals surface area contributed by atoms with E-state index in [0.29, 0.717) is 12.2 Å². The molecule has 0 bridgehead atoms. The van der Waals surface area contributed by atoms with E-state index in [1.54, 1.807) is 0 Å². The summed E-state index contributed by atoms with van der Waals surface area (Å²) in [5.74, 6) is 0.910. The molecule has 0 aromatic carbocycles. The van der Waals surface area contributed by atoms with Crippen LogP contribution in [0.25, 0.3) is 0 Å². The van der Waals surface area contributed by atoms with E-state index >= 15 is 0 Å². The van der Waals surface area contributed by atoms with Crippen molar-refractivity contribution in [3.05, 3.63) is 0 Å². The van der Waals surface area contributed by atoms with E-state index in [1.165, 1.54) is 0 Å². The van der Waals surface area contributed by atoms with Crippen LogP contribution < -0.4 is 10.6 Å². The van der Waals surface area contributed by atoms with Crippen LogP contribution in [0.15, 0.2) is 4.99 Å². The number of guanidine groups is 1. The van der Waals surface area contributed by atoms with Crippen molar-refractivity contribution in [2.75, 3.05) is 52.5 Å². The maximum absolute atomic E-state index is 5.77. The number of nitrogens with one attached hydrogen (secondary N) is 2. The molecular formula is C17H36N4O2. The lowest BCUT2D eigenvalue weighted by Gasteiger charge is -2.35. The van der Waals surface area contributed by atoms with Crippen LogP contribution in [-0.4, -0.2) is 75.5 Å². The molecule has 2 atom stereocenters. The average molecular weight is 329 g/mol. The molecule has 2 unspecified atom stereocenters. The average Bonchev–Trinajstić information content (AvgIpc) is 2.50. The summed E-state index contributed by atoms with van der Waals surface area (Å²) in [6.07, 6.45) is 2.77. The molecule has 1 saturated heterocycles. The van der Waals surface area contributed by atoms with Crippen molar-refractivity contribution in [3.8, 4) is 0 Å². The molecule has 0 aliphatic carbocycles. The van der Waals surface area contributed by atoms with Gasteiger partial charge in [-0.05, 0) is 40.5 Å². The number of hydrogen-bond acceptors (Lipinski definition) is 4. The second-order valence-electron chi connectivity index (χ2n) is 6.11. The fourth-order valence-corrected chi connectivity index (χ4v) is 2.82. The molecule has 1 rings (SSSR count). The Morgan fingerprint density at radius 1 is 1.17 bits per heavy atom. The first-order valence-electron chi connectivity index (χ1n) is 9.13. The highest BCUT2D eigenvalue weighted by molar-refractivity contribution is 5.79. The smallest absolute Gasteiger partial charge is 0.191 e. The summed E-state index contributed by atoms with van der Waals surface area (Å²) in [6.45, 7) is 15.8. The van der Waals surface area contributed by atoms with Gasteiger partial charge in [0, 0.05) is 52.5 Å². The van der Waals surface area contributed by atoms with Gasteiger partial charge in [-0.15, -0.1) is 0 Å². The molecule has 0 saturated carbocycles. The number of aliphatic imine (C=N–C) groups is 1. The third kappa shape index (κ3) is 9.79. The van der Waals surface area contributed by atoms with Gasteiger partial charge in [-0.25, -0.2) is 0 Å². The highest BCUT2D eigenvalue weighted by atomic mass is 16.5. The number of rotatable bonds is 10. The fourth-order valence-electron chi connectivity index (χ4n) is 2.82. The van der Waals surface area contributed by atoms with Gasteiger partial charge in [-0.1, -0.05) is 0 Å². The van der Waals surface area contributed by atoms with Gasteiger partial charge < -0.3 is 20.1 Å². The van der Waals surface area contributed by atoms with E-state index < -0.39 is 0 Å². The summed E-state index contributed by atoms with van der Waals surface area (Å²) in [6, 6.07) is 0. The Balaban J connectivity index is 2.17. The monoisotopic (exact) mass is 328 g/mol. The largest absolute Gasteiger partial charge is 0.382 e. The predicted molar refractivity (Wildman–Crippen MR) is 96.2 cm³/mol. The molecule has 136 valence electrons. The minimum Gasteiger partial charge on any atom is -0.382 e. The third-order valence-corrected chi connectivity index (χ3v) is 3.70. The standard InChI is InChI=1S/C17H36N4O2/c1-5-18-17(20-10-8-12-22-6-2)19-9-7-11-21-13-15(3)23-16(4)14-21/h15-16H,5-14H2,1-4H3,(H2,18,19,20). The Morgan fingerprint density at radius 3 is 2.57 bits per heavy atom. The fraction of sp³-hybridized carbons (Fsp3) is 0.941. The zero-order chi connectivity index (χ0) is 16.9. The van der Waals surface area contributed by atoms with Gasteiger partial charge in [0.2, 0.25) is 0 Å². The third-order valence-electron chi connectivity index (χ3n) is 3.70. The second-order valence-corrected chi connectivity index (χ2v) is 6.11. The summed E-state index contributed by atoms with van der Waals surface area (Å²) in [5.41, 5.74) is 0. The molecule has 0 aromatic rings. The van der Waals surface area contributed by atoms with Crippen LogP contribution in [0.4, 0.5) is 0 Å². The first-order valence-corrected chi connectivity index (χ1v) is 9.13. The molecule has 0 amide bonds. The Kier molecular flexibility index (Phi) is 11.0. The van der Waals surface area contributed by atoms with Crippen LogP contribution in [0.3, 0.4) is 0 Å². The molecule has 0 aromatic heterocycles. The van der Waals surface area contributed by atoms with E-state index in [-0.39, 0.29) is 0 Å². The Bertz CT molecular complexity index is 316. The highest BCUT2D eigenvalue weighted by Crippen LogP contribution is 2.10. The van der Waals surface area contributed by atoms with Crippen molar-refractivity contribution in [3.63, 3.8) is 0 Å². The lowest BCUT2D eigenvalue weighted by Crippen LogP contribution is -2.46. The van der Waals surface area contributed by atoms with Crippen molar-refractivity contribution in [2.24, 2.45) is 4.99 Å². The normalized spacial score (nSPS) is 23.0. The predicted octanol–water partition coefficient (Wildman–Crippen LogP) is 1.47. The molecule has 6 heteroatoms. The molecular weight excluding hydrogens is 292 g/mol. The van der Waals surface area contributed by atoms with Crippen molar-refractivity contribution < 1.29 is 9.47 Å². The summed E-state index contributed by atoms with van der Waals surface area (Å²) in [7, 11) is 0. The summed E-state index contributed by atoms with van der Waals surface area (Å²) < 4.78 is 11.1. The van der Waals surface area contributed by atoms with E-state index in [4.69, 9.17) is 9.47 Å². The Labute approximate surface area is 142 Å². The van der Waals surface area contributed by atoms with Gasteiger partial charge in [-0.3, -0.25) is 9.89 Å². The van der Waals surface area contributed by atoms with Crippen LogP contribution >= 0.6 is 0 Å². The first-order chi connectivity index (χ1) is 11.2. The molecule has 1 heterocycles. The molecule has 1 aliphatic heterocycles. The van der Waals surface area contributed by atoms with Gasteiger partial charge in [0.1, 0.15) is 0 Å². The van der Waals surface area contributed by atoms with Crippen molar-refractivity contribution >= 4 is 5.96 Å². The molecule has 0 spiro atoms. The molecule has 2 N–H and O–H groups in total. The van der Waals surface area contributed by atoms with Gasteiger partial charge in [0.25, 0.3) is 0 Å². The number of morpholine rings is 1. The van der Waals surface area contributed by atoms with Gasteiger partial charge in [-0.2, -0.15) is 0 Å². The van der Waals surface area contributed by atoms with Crippen molar-refractivity contribution in [1.82, 2.24) is 15.5 Å². The van der Waals surface area contributed by atoms with Crippen LogP contribution in [0.1, 0.15) is 40.5 Å². The quantitative estimate of drug-likeness (QED) is 0.361. The maximum Gasteiger partial charge on any atom is 0.191 e. The van der Waals surface area contributed by atoms with E-state index in [2.05, 4.69) is 41.3 Å². The Morgan fingerprint density at radius 2 is 1.91 bits per heavy atom. The SMILES string of the molecule is CCNC(=NCCCOCC)NCCCN1CC(C)OC(C)C1. The molecule has 1 aliphatic rings. The van der Waals surface area contributed by atoms with Gasteiger partial charge in [0.15, 0.2) is 5.96 Å². The van der Waals surface area contributed by atoms with Crippen LogP contribution in [-0.2, 0) is 9.47 Å². The second kappa shape index (κ2) is 12.6. The van der Waals surface area contributed by atoms with Crippen LogP contribution in [0, 0.1) is 0 Å². The first kappa shape index (κ1) is 20.2. The Hall–Kier alpha value is -0.850. The van der Waals surface area contributed by atoms with Gasteiger partial charge >= 0.3 is 0 Å². The zero-order valence-corrected chi connectivity index (χ0v) is 15.4. The number of ether oxygens (including phenoxy) is 2. The van der Waals surface area contributed by atoms with Crippen molar-refractivity contribution in [2.45, 2.75) is 52.7 Å². The van der Waals surface area contributed by atoms with E-state index in [1.807, 2.05) is 6.92 Å². The minimum atomic E-state index is 0.343.